The number of phenolic OH excluding ortho intramolecular Hbond substituents is 1. The number of nitrogens with zero attached hydrogens (tertiary/aromatic N) is 5. The van der Waals surface area contributed by atoms with Crippen LogP contribution < -0.4 is 24.8 Å². The molecule has 0 saturated carbocycles. The molecule has 4 amide bonds. The molecule has 4 saturated heterocycles. The van der Waals surface area contributed by atoms with Gasteiger partial charge in [0.1, 0.15) is 29.2 Å². The molecule has 14 heteroatoms. The second kappa shape index (κ2) is 15.3. The van der Waals surface area contributed by atoms with Crippen LogP contribution in [0.5, 0.6) is 11.5 Å². The number of imide groups is 1. The minimum absolute atomic E-state index is 0.0542. The molecule has 0 aliphatic carbocycles. The van der Waals surface area contributed by atoms with Crippen molar-refractivity contribution in [3.05, 3.63) is 76.9 Å². The summed E-state index contributed by atoms with van der Waals surface area (Å²) in [6.07, 6.45) is 3.35. The van der Waals surface area contributed by atoms with Crippen molar-refractivity contribution in [3.63, 3.8) is 0 Å². The molecule has 5 aliphatic rings. The van der Waals surface area contributed by atoms with E-state index in [4.69, 9.17) is 4.74 Å². The van der Waals surface area contributed by atoms with Crippen molar-refractivity contribution in [1.29, 1.82) is 0 Å². The molecule has 0 radical (unpaired) electrons. The van der Waals surface area contributed by atoms with Crippen LogP contribution in [0.2, 0.25) is 0 Å². The van der Waals surface area contributed by atoms with E-state index in [0.29, 0.717) is 67.4 Å². The van der Waals surface area contributed by atoms with E-state index in [-0.39, 0.29) is 35.6 Å². The standard InChI is InChI=1S/C43H50F2N6O6/c1-4-43(5-2)39(51(42(43)56)35-21-28(44)6-10-36(35)52)31-22-32(45)34(23-37(31)57-3)49-14-12-26(13-15-49)24-47-16-18-48(19-17-47)29-7-8-30-27(20-29)25-50(41(30)55)33-9-11-38(53)46-40(33)54/h6-8,10,20-23,26,33,39,52H,4-5,9,11-19,24-25H2,1-3H3,(H,46,53,54)/t33-,39-/m0/s1. The van der Waals surface area contributed by atoms with Gasteiger partial charge in [-0.1, -0.05) is 13.8 Å². The molecule has 0 spiro atoms. The quantitative estimate of drug-likeness (QED) is 0.206. The number of β-lactam (4-membered cyclic amide) rings is 1. The summed E-state index contributed by atoms with van der Waals surface area (Å²) in [4.78, 5) is 60.8. The molecule has 4 fully saturated rings. The molecular weight excluding hydrogens is 735 g/mol. The molecule has 3 aromatic carbocycles. The number of phenols is 1. The number of hydrogen-bond donors (Lipinski definition) is 2. The van der Waals surface area contributed by atoms with Gasteiger partial charge in [0.15, 0.2) is 0 Å². The number of ether oxygens (including phenoxy) is 1. The predicted molar refractivity (Wildman–Crippen MR) is 210 cm³/mol. The third kappa shape index (κ3) is 6.75. The smallest absolute Gasteiger partial charge is 0.255 e. The van der Waals surface area contributed by atoms with Crippen LogP contribution in [0.25, 0.3) is 0 Å². The lowest BCUT2D eigenvalue weighted by Gasteiger charge is -2.56. The topological polar surface area (TPSA) is 126 Å². The van der Waals surface area contributed by atoms with Crippen molar-refractivity contribution < 1.29 is 37.8 Å². The normalized spacial score (nSPS) is 22.8. The fourth-order valence-corrected chi connectivity index (χ4v) is 9.83. The number of aromatic hydroxyl groups is 1. The fourth-order valence-electron chi connectivity index (χ4n) is 9.83. The highest BCUT2D eigenvalue weighted by molar-refractivity contribution is 6.07. The van der Waals surface area contributed by atoms with E-state index in [1.165, 1.54) is 24.1 Å². The number of fused-ring (bicyclic) bond motifs is 1. The number of nitrogens with one attached hydrogen (secondary N) is 1. The average Bonchev–Trinajstić information content (AvgIpc) is 3.54. The number of piperidine rings is 2. The number of carbonyl (C=O) groups excluding carboxylic acids is 4. The molecule has 12 nitrogen and oxygen atoms in total. The molecule has 0 unspecified atom stereocenters. The number of methoxy groups -OCH3 is 1. The number of rotatable bonds is 10. The van der Waals surface area contributed by atoms with Crippen molar-refractivity contribution in [2.24, 2.45) is 11.3 Å². The van der Waals surface area contributed by atoms with Crippen molar-refractivity contribution in [2.45, 2.75) is 71.0 Å². The first-order valence-electron chi connectivity index (χ1n) is 20.2. The van der Waals surface area contributed by atoms with Crippen LogP contribution in [0.1, 0.15) is 79.9 Å². The van der Waals surface area contributed by atoms with E-state index in [1.54, 1.807) is 11.0 Å². The van der Waals surface area contributed by atoms with Crippen molar-refractivity contribution in [2.75, 3.05) is 67.6 Å². The molecule has 2 N–H and O–H groups in total. The van der Waals surface area contributed by atoms with Crippen LogP contribution in [0, 0.1) is 23.0 Å². The number of hydrogen-bond acceptors (Lipinski definition) is 9. The maximum atomic E-state index is 16.2. The van der Waals surface area contributed by atoms with E-state index in [2.05, 4.69) is 26.1 Å². The van der Waals surface area contributed by atoms with Gasteiger partial charge in [-0.25, -0.2) is 8.78 Å². The van der Waals surface area contributed by atoms with Gasteiger partial charge in [-0.3, -0.25) is 34.3 Å². The molecule has 302 valence electrons. The zero-order valence-electron chi connectivity index (χ0n) is 32.7. The summed E-state index contributed by atoms with van der Waals surface area (Å²) in [6, 6.07) is 11.3. The lowest BCUT2D eigenvalue weighted by atomic mass is 9.64. The summed E-state index contributed by atoms with van der Waals surface area (Å²) >= 11 is 0. The Hall–Kier alpha value is -5.24. The van der Waals surface area contributed by atoms with Gasteiger partial charge in [-0.2, -0.15) is 0 Å². The lowest BCUT2D eigenvalue weighted by Crippen LogP contribution is -2.63. The summed E-state index contributed by atoms with van der Waals surface area (Å²) < 4.78 is 36.4. The highest BCUT2D eigenvalue weighted by Gasteiger charge is 2.60. The minimum atomic E-state index is -0.854. The van der Waals surface area contributed by atoms with E-state index >= 15 is 4.39 Å². The van der Waals surface area contributed by atoms with Crippen LogP contribution in [0.15, 0.2) is 48.5 Å². The van der Waals surface area contributed by atoms with Gasteiger partial charge >= 0.3 is 0 Å². The van der Waals surface area contributed by atoms with Gasteiger partial charge < -0.3 is 24.5 Å². The van der Waals surface area contributed by atoms with Crippen LogP contribution >= 0.6 is 0 Å². The first kappa shape index (κ1) is 38.6. The SMILES string of the molecule is CCC1(CC)C(=O)N(c2cc(F)ccc2O)[C@H]1c1cc(F)c(N2CCC(CN3CCN(c4ccc5c(c4)CN([C@H]4CCC(=O)NC4=O)C5=O)CC3)CC2)cc1OC. The highest BCUT2D eigenvalue weighted by atomic mass is 19.1. The number of amides is 4. The molecule has 0 aromatic heterocycles. The maximum absolute atomic E-state index is 16.2. The number of halogens is 2. The number of carbonyl (C=O) groups is 4. The molecule has 8 rings (SSSR count). The third-order valence-electron chi connectivity index (χ3n) is 13.2. The van der Waals surface area contributed by atoms with Gasteiger partial charge in [0.2, 0.25) is 17.7 Å². The zero-order chi connectivity index (χ0) is 40.2. The third-order valence-corrected chi connectivity index (χ3v) is 13.2. The van der Waals surface area contributed by atoms with Crippen molar-refractivity contribution in [3.8, 4) is 11.5 Å². The Kier molecular flexibility index (Phi) is 10.3. The van der Waals surface area contributed by atoms with Crippen LogP contribution in [0.3, 0.4) is 0 Å². The van der Waals surface area contributed by atoms with Gasteiger partial charge in [-0.15, -0.1) is 0 Å². The highest BCUT2D eigenvalue weighted by Crippen LogP contribution is 2.59. The summed E-state index contributed by atoms with van der Waals surface area (Å²) in [5, 5.41) is 13.0. The molecule has 57 heavy (non-hydrogen) atoms. The molecule has 2 atom stereocenters. The summed E-state index contributed by atoms with van der Waals surface area (Å²) in [5.41, 5.74) is 2.71. The monoisotopic (exact) mass is 784 g/mol. The van der Waals surface area contributed by atoms with E-state index in [1.807, 2.05) is 26.0 Å². The Labute approximate surface area is 331 Å². The number of anilines is 3. The summed E-state index contributed by atoms with van der Waals surface area (Å²) in [5.74, 6) is -1.44. The summed E-state index contributed by atoms with van der Waals surface area (Å²) in [6.45, 7) is 10.0. The molecule has 3 aromatic rings. The zero-order valence-corrected chi connectivity index (χ0v) is 32.7. The molecule has 5 aliphatic heterocycles. The van der Waals surface area contributed by atoms with Crippen LogP contribution in [-0.4, -0.2) is 97.5 Å². The maximum Gasteiger partial charge on any atom is 0.255 e. The Morgan fingerprint density at radius 2 is 1.60 bits per heavy atom. The van der Waals surface area contributed by atoms with E-state index in [9.17, 15) is 28.7 Å². The molecule has 0 bridgehead atoms. The average molecular weight is 785 g/mol. The molecular formula is C43H50F2N6O6. The number of benzene rings is 3. The second-order valence-corrected chi connectivity index (χ2v) is 16.1. The van der Waals surface area contributed by atoms with Gasteiger partial charge in [0.25, 0.3) is 5.91 Å². The molecule has 5 heterocycles. The van der Waals surface area contributed by atoms with E-state index < -0.39 is 35.0 Å². The minimum Gasteiger partial charge on any atom is -0.506 e. The van der Waals surface area contributed by atoms with E-state index in [0.717, 1.165) is 68.9 Å². The second-order valence-electron chi connectivity index (χ2n) is 16.1. The van der Waals surface area contributed by atoms with Crippen LogP contribution in [0.4, 0.5) is 25.8 Å². The summed E-state index contributed by atoms with van der Waals surface area (Å²) in [7, 11) is 1.53. The first-order chi connectivity index (χ1) is 27.5. The predicted octanol–water partition coefficient (Wildman–Crippen LogP) is 5.37. The van der Waals surface area contributed by atoms with Gasteiger partial charge in [0, 0.05) is 87.7 Å². The van der Waals surface area contributed by atoms with Gasteiger partial charge in [0.05, 0.1) is 29.9 Å². The fraction of sp³-hybridized carbons (Fsp3) is 0.488. The Morgan fingerprint density at radius 3 is 2.28 bits per heavy atom. The van der Waals surface area contributed by atoms with Crippen molar-refractivity contribution >= 4 is 40.7 Å². The van der Waals surface area contributed by atoms with Gasteiger partial charge in [-0.05, 0) is 80.0 Å². The Bertz CT molecular complexity index is 2090. The lowest BCUT2D eigenvalue weighted by molar-refractivity contribution is -0.141. The largest absolute Gasteiger partial charge is 0.506 e. The first-order valence-corrected chi connectivity index (χ1v) is 20.2. The van der Waals surface area contributed by atoms with Crippen molar-refractivity contribution in [1.82, 2.24) is 15.1 Å². The number of piperazine rings is 1. The Morgan fingerprint density at radius 1 is 0.860 bits per heavy atom. The van der Waals surface area contributed by atoms with Crippen LogP contribution in [-0.2, 0) is 20.9 Å². The Balaban J connectivity index is 0.880.